The van der Waals surface area contributed by atoms with E-state index in [9.17, 15) is 4.79 Å². The number of ether oxygens (including phenoxy) is 2. The Bertz CT molecular complexity index is 258. The zero-order valence-corrected chi connectivity index (χ0v) is 10.4. The number of carbonyl (C=O) groups is 1. The second kappa shape index (κ2) is 4.84. The highest BCUT2D eigenvalue weighted by Gasteiger charge is 2.43. The van der Waals surface area contributed by atoms with E-state index in [0.717, 1.165) is 19.4 Å². The van der Waals surface area contributed by atoms with Crippen molar-refractivity contribution in [2.45, 2.75) is 45.8 Å². The highest BCUT2D eigenvalue weighted by atomic mass is 16.5. The second-order valence-electron chi connectivity index (χ2n) is 5.25. The van der Waals surface area contributed by atoms with Crippen molar-refractivity contribution in [1.82, 2.24) is 0 Å². The molecule has 5 atom stereocenters. The van der Waals surface area contributed by atoms with Gasteiger partial charge in [-0.05, 0) is 32.6 Å². The van der Waals surface area contributed by atoms with Crippen LogP contribution >= 0.6 is 0 Å². The first-order valence-corrected chi connectivity index (χ1v) is 6.38. The minimum Gasteiger partial charge on any atom is -0.381 e. The first-order chi connectivity index (χ1) is 7.61. The molecule has 2 heterocycles. The predicted octanol–water partition coefficient (Wildman–Crippen LogP) is 2.04. The van der Waals surface area contributed by atoms with E-state index in [1.807, 2.05) is 6.92 Å². The molecule has 2 rings (SSSR count). The van der Waals surface area contributed by atoms with Gasteiger partial charge in [-0.2, -0.15) is 0 Å². The Morgan fingerprint density at radius 3 is 2.44 bits per heavy atom. The Hall–Kier alpha value is -0.410. The van der Waals surface area contributed by atoms with E-state index in [4.69, 9.17) is 9.47 Å². The molecule has 0 aromatic carbocycles. The molecule has 0 saturated carbocycles. The summed E-state index contributed by atoms with van der Waals surface area (Å²) in [6.45, 7) is 7.63. The zero-order valence-electron chi connectivity index (χ0n) is 10.4. The number of hydrogen-bond acceptors (Lipinski definition) is 3. The summed E-state index contributed by atoms with van der Waals surface area (Å²) < 4.78 is 11.1. The number of hydrogen-bond donors (Lipinski definition) is 0. The predicted molar refractivity (Wildman–Crippen MR) is 61.2 cm³/mol. The largest absolute Gasteiger partial charge is 0.381 e. The van der Waals surface area contributed by atoms with E-state index >= 15 is 0 Å². The highest BCUT2D eigenvalue weighted by Crippen LogP contribution is 2.35. The molecule has 2 saturated heterocycles. The lowest BCUT2D eigenvalue weighted by Crippen LogP contribution is -2.36. The maximum Gasteiger partial charge on any atom is 0.144 e. The minimum absolute atomic E-state index is 0.0689. The summed E-state index contributed by atoms with van der Waals surface area (Å²) in [6, 6.07) is 0. The number of carbonyl (C=O) groups excluding carboxylic acids is 1. The average Bonchev–Trinajstić information content (AvgIpc) is 2.54. The summed E-state index contributed by atoms with van der Waals surface area (Å²) in [5.74, 6) is 0.882. The normalized spacial score (nSPS) is 44.6. The van der Waals surface area contributed by atoms with Gasteiger partial charge in [0, 0.05) is 18.4 Å². The first kappa shape index (κ1) is 12.1. The standard InChI is InChI=1S/C13H22O3/c1-8-9(2)16-10(3)12(8)13(14)11-5-4-6-15-7-11/h8-12H,4-7H2,1-3H3. The molecule has 0 aliphatic carbocycles. The van der Waals surface area contributed by atoms with Crippen molar-refractivity contribution >= 4 is 5.78 Å². The van der Waals surface area contributed by atoms with E-state index in [1.165, 1.54) is 0 Å². The van der Waals surface area contributed by atoms with Crippen LogP contribution in [0.4, 0.5) is 0 Å². The van der Waals surface area contributed by atoms with Crippen molar-refractivity contribution in [2.24, 2.45) is 17.8 Å². The van der Waals surface area contributed by atoms with Crippen LogP contribution in [0, 0.1) is 17.8 Å². The van der Waals surface area contributed by atoms with Crippen LogP contribution in [-0.4, -0.2) is 31.2 Å². The molecular weight excluding hydrogens is 204 g/mol. The van der Waals surface area contributed by atoms with Gasteiger partial charge in [0.05, 0.1) is 18.8 Å². The molecule has 0 amide bonds. The maximum atomic E-state index is 12.4. The van der Waals surface area contributed by atoms with E-state index in [-0.39, 0.29) is 24.0 Å². The van der Waals surface area contributed by atoms with E-state index < -0.39 is 0 Å². The van der Waals surface area contributed by atoms with Crippen molar-refractivity contribution in [3.63, 3.8) is 0 Å². The Balaban J connectivity index is 2.02. The minimum atomic E-state index is 0.0689. The van der Waals surface area contributed by atoms with Crippen molar-refractivity contribution in [2.75, 3.05) is 13.2 Å². The van der Waals surface area contributed by atoms with Crippen LogP contribution in [0.5, 0.6) is 0 Å². The van der Waals surface area contributed by atoms with Crippen LogP contribution in [-0.2, 0) is 14.3 Å². The zero-order chi connectivity index (χ0) is 11.7. The van der Waals surface area contributed by atoms with Crippen LogP contribution in [0.3, 0.4) is 0 Å². The third kappa shape index (κ3) is 2.16. The molecular formula is C13H22O3. The molecule has 0 N–H and O–H groups in total. The third-order valence-corrected chi connectivity index (χ3v) is 4.13. The Morgan fingerprint density at radius 1 is 1.19 bits per heavy atom. The van der Waals surface area contributed by atoms with Crippen LogP contribution in [0.1, 0.15) is 33.6 Å². The molecule has 0 aromatic rings. The SMILES string of the molecule is CC1OC(C)C(C(=O)C2CCCOC2)C1C. The fourth-order valence-electron chi connectivity index (χ4n) is 2.99. The second-order valence-corrected chi connectivity index (χ2v) is 5.25. The number of Topliss-reactive ketones (excluding diaryl/α,β-unsaturated/α-hetero) is 1. The highest BCUT2D eigenvalue weighted by molar-refractivity contribution is 5.84. The lowest BCUT2D eigenvalue weighted by Gasteiger charge is -2.26. The summed E-state index contributed by atoms with van der Waals surface area (Å²) in [4.78, 5) is 12.4. The molecule has 0 radical (unpaired) electrons. The molecule has 16 heavy (non-hydrogen) atoms. The van der Waals surface area contributed by atoms with Gasteiger partial charge in [-0.25, -0.2) is 0 Å². The molecule has 2 aliphatic rings. The third-order valence-electron chi connectivity index (χ3n) is 4.13. The molecule has 5 unspecified atom stereocenters. The monoisotopic (exact) mass is 226 g/mol. The molecule has 2 fully saturated rings. The van der Waals surface area contributed by atoms with Gasteiger partial charge in [-0.15, -0.1) is 0 Å². The van der Waals surface area contributed by atoms with Gasteiger partial charge in [0.25, 0.3) is 0 Å². The van der Waals surface area contributed by atoms with E-state index in [1.54, 1.807) is 0 Å². The van der Waals surface area contributed by atoms with E-state index in [2.05, 4.69) is 13.8 Å². The smallest absolute Gasteiger partial charge is 0.144 e. The number of ketones is 1. The molecule has 3 heteroatoms. The lowest BCUT2D eigenvalue weighted by atomic mass is 9.79. The Kier molecular flexibility index (Phi) is 3.65. The van der Waals surface area contributed by atoms with Crippen LogP contribution < -0.4 is 0 Å². The molecule has 3 nitrogen and oxygen atoms in total. The van der Waals surface area contributed by atoms with Gasteiger partial charge in [-0.3, -0.25) is 4.79 Å². The Labute approximate surface area is 97.5 Å². The van der Waals surface area contributed by atoms with Crippen molar-refractivity contribution in [3.05, 3.63) is 0 Å². The van der Waals surface area contributed by atoms with Gasteiger partial charge < -0.3 is 9.47 Å². The summed E-state index contributed by atoms with van der Waals surface area (Å²) in [5, 5.41) is 0. The topological polar surface area (TPSA) is 35.5 Å². The average molecular weight is 226 g/mol. The summed E-state index contributed by atoms with van der Waals surface area (Å²) in [6.07, 6.45) is 2.28. The number of rotatable bonds is 2. The van der Waals surface area contributed by atoms with Gasteiger partial charge in [0.2, 0.25) is 0 Å². The summed E-state index contributed by atoms with van der Waals surface area (Å²) >= 11 is 0. The summed E-state index contributed by atoms with van der Waals surface area (Å²) in [5.41, 5.74) is 0. The van der Waals surface area contributed by atoms with Crippen molar-refractivity contribution in [1.29, 1.82) is 0 Å². The molecule has 0 bridgehead atoms. The van der Waals surface area contributed by atoms with E-state index in [0.29, 0.717) is 18.3 Å². The van der Waals surface area contributed by atoms with Crippen molar-refractivity contribution < 1.29 is 14.3 Å². The molecule has 92 valence electrons. The quantitative estimate of drug-likeness (QED) is 0.723. The fourth-order valence-corrected chi connectivity index (χ4v) is 2.99. The Morgan fingerprint density at radius 2 is 1.94 bits per heavy atom. The molecule has 2 aliphatic heterocycles. The van der Waals surface area contributed by atoms with Crippen LogP contribution in [0.15, 0.2) is 0 Å². The first-order valence-electron chi connectivity index (χ1n) is 6.38. The van der Waals surface area contributed by atoms with Gasteiger partial charge >= 0.3 is 0 Å². The maximum absolute atomic E-state index is 12.4. The lowest BCUT2D eigenvalue weighted by molar-refractivity contribution is -0.133. The fraction of sp³-hybridized carbons (Fsp3) is 0.923. The summed E-state index contributed by atoms with van der Waals surface area (Å²) in [7, 11) is 0. The van der Waals surface area contributed by atoms with Crippen LogP contribution in [0.2, 0.25) is 0 Å². The van der Waals surface area contributed by atoms with Gasteiger partial charge in [0.1, 0.15) is 5.78 Å². The van der Waals surface area contributed by atoms with Gasteiger partial charge in [-0.1, -0.05) is 6.92 Å². The van der Waals surface area contributed by atoms with Crippen molar-refractivity contribution in [3.8, 4) is 0 Å². The van der Waals surface area contributed by atoms with Crippen LogP contribution in [0.25, 0.3) is 0 Å². The molecule has 0 spiro atoms. The van der Waals surface area contributed by atoms with Gasteiger partial charge in [0.15, 0.2) is 0 Å². The molecule has 0 aromatic heterocycles.